The molecule has 4 heteroatoms. The van der Waals surface area contributed by atoms with E-state index in [2.05, 4.69) is 13.8 Å². The third-order valence-electron chi connectivity index (χ3n) is 7.41. The van der Waals surface area contributed by atoms with Gasteiger partial charge in [-0.2, -0.15) is 0 Å². The van der Waals surface area contributed by atoms with E-state index in [1.54, 1.807) is 12.2 Å². The molecule has 4 nitrogen and oxygen atoms in total. The number of Topliss-reactive ketones (excluding diaryl/α,β-unsaturated/α-hetero) is 1. The molecule has 0 N–H and O–H groups in total. The molecule has 4 rings (SSSR count). The smallest absolute Gasteiger partial charge is 0.293 e. The summed E-state index contributed by atoms with van der Waals surface area (Å²) in [5.41, 5.74) is 0.543. The molecule has 0 saturated heterocycles. The first-order valence-corrected chi connectivity index (χ1v) is 8.97. The van der Waals surface area contributed by atoms with Crippen LogP contribution in [0.4, 0.5) is 0 Å². The molecule has 4 aliphatic carbocycles. The van der Waals surface area contributed by atoms with E-state index in [0.29, 0.717) is 36.9 Å². The Bertz CT molecular complexity index is 675. The van der Waals surface area contributed by atoms with Crippen LogP contribution in [0.5, 0.6) is 0 Å². The average molecular weight is 328 g/mol. The van der Waals surface area contributed by atoms with E-state index in [0.717, 1.165) is 24.8 Å². The zero-order valence-electron chi connectivity index (χ0n) is 14.3. The standard InChI is InChI=1S/C20H24O4/c1-19-8-7-13(22)9-12(19)3-4-14-15-5-6-17(23)20(15,2)10-16(18(14)19)24-11-21/h7-9,11,14-16,18H,3-6,10H2,1-2H3/t14-,15-,16-,18+,19-,20-/m0/s1. The van der Waals surface area contributed by atoms with Gasteiger partial charge in [0.2, 0.25) is 0 Å². The number of carbonyl (C=O) groups excluding carboxylic acids is 3. The molecule has 0 amide bonds. The van der Waals surface area contributed by atoms with Crippen molar-refractivity contribution < 1.29 is 19.1 Å². The van der Waals surface area contributed by atoms with Crippen LogP contribution in [0.1, 0.15) is 46.0 Å². The van der Waals surface area contributed by atoms with Crippen LogP contribution in [0.25, 0.3) is 0 Å². The Morgan fingerprint density at radius 1 is 1.21 bits per heavy atom. The lowest BCUT2D eigenvalue weighted by atomic mass is 9.47. The van der Waals surface area contributed by atoms with Gasteiger partial charge in [0.15, 0.2) is 5.78 Å². The van der Waals surface area contributed by atoms with Gasteiger partial charge in [-0.1, -0.05) is 25.5 Å². The van der Waals surface area contributed by atoms with Crippen LogP contribution in [-0.2, 0) is 19.1 Å². The Morgan fingerprint density at radius 2 is 2.00 bits per heavy atom. The minimum Gasteiger partial charge on any atom is -0.464 e. The summed E-state index contributed by atoms with van der Waals surface area (Å²) in [6.07, 6.45) is 9.24. The van der Waals surface area contributed by atoms with Gasteiger partial charge in [-0.05, 0) is 49.7 Å². The van der Waals surface area contributed by atoms with Crippen molar-refractivity contribution in [3.63, 3.8) is 0 Å². The van der Waals surface area contributed by atoms with Crippen molar-refractivity contribution in [3.8, 4) is 0 Å². The predicted octanol–water partition coefficient (Wildman–Crippen LogP) is 3.01. The number of hydrogen-bond donors (Lipinski definition) is 0. The fraction of sp³-hybridized carbons (Fsp3) is 0.650. The van der Waals surface area contributed by atoms with E-state index in [-0.39, 0.29) is 28.6 Å². The number of ketones is 2. The molecule has 0 radical (unpaired) electrons. The lowest BCUT2D eigenvalue weighted by molar-refractivity contribution is -0.161. The van der Waals surface area contributed by atoms with Gasteiger partial charge in [0.25, 0.3) is 6.47 Å². The highest BCUT2D eigenvalue weighted by Crippen LogP contribution is 2.64. The number of allylic oxidation sites excluding steroid dienone is 4. The SMILES string of the molecule is C[C@]12C=CC(=O)C=C1CC[C@@H]1[C@@H]2[C@@H](OC=O)C[C@]2(C)C(=O)CC[C@@H]12. The molecule has 0 heterocycles. The number of ether oxygens (including phenoxy) is 1. The van der Waals surface area contributed by atoms with E-state index >= 15 is 0 Å². The summed E-state index contributed by atoms with van der Waals surface area (Å²) in [6, 6.07) is 0. The second kappa shape index (κ2) is 5.14. The topological polar surface area (TPSA) is 60.4 Å². The minimum absolute atomic E-state index is 0.0467. The zero-order valence-corrected chi connectivity index (χ0v) is 14.3. The van der Waals surface area contributed by atoms with Gasteiger partial charge in [-0.25, -0.2) is 0 Å². The van der Waals surface area contributed by atoms with Crippen molar-refractivity contribution in [1.82, 2.24) is 0 Å². The second-order valence-electron chi connectivity index (χ2n) is 8.38. The monoisotopic (exact) mass is 328 g/mol. The highest BCUT2D eigenvalue weighted by molar-refractivity contribution is 6.01. The van der Waals surface area contributed by atoms with Crippen LogP contribution in [0.15, 0.2) is 23.8 Å². The van der Waals surface area contributed by atoms with E-state index in [1.165, 1.54) is 0 Å². The number of rotatable bonds is 2. The lowest BCUT2D eigenvalue weighted by Crippen LogP contribution is -2.56. The molecule has 3 saturated carbocycles. The van der Waals surface area contributed by atoms with Crippen molar-refractivity contribution >= 4 is 18.0 Å². The van der Waals surface area contributed by atoms with Gasteiger partial charge < -0.3 is 4.74 Å². The Kier molecular flexibility index (Phi) is 3.38. The Labute approximate surface area is 142 Å². The highest BCUT2D eigenvalue weighted by atomic mass is 16.5. The van der Waals surface area contributed by atoms with E-state index < -0.39 is 0 Å². The van der Waals surface area contributed by atoms with Crippen molar-refractivity contribution in [3.05, 3.63) is 23.8 Å². The Balaban J connectivity index is 1.79. The molecule has 0 aromatic heterocycles. The summed E-state index contributed by atoms with van der Waals surface area (Å²) in [5, 5.41) is 0. The summed E-state index contributed by atoms with van der Waals surface area (Å²) in [4.78, 5) is 35.5. The summed E-state index contributed by atoms with van der Waals surface area (Å²) in [7, 11) is 0. The van der Waals surface area contributed by atoms with Gasteiger partial charge >= 0.3 is 0 Å². The van der Waals surface area contributed by atoms with Crippen molar-refractivity contribution in [1.29, 1.82) is 0 Å². The maximum absolute atomic E-state index is 12.5. The van der Waals surface area contributed by atoms with Crippen LogP contribution in [0.3, 0.4) is 0 Å². The lowest BCUT2D eigenvalue weighted by Gasteiger charge is -2.57. The van der Waals surface area contributed by atoms with Gasteiger partial charge in [-0.3, -0.25) is 14.4 Å². The largest absolute Gasteiger partial charge is 0.464 e. The quantitative estimate of drug-likeness (QED) is 0.731. The molecule has 0 aromatic rings. The molecule has 24 heavy (non-hydrogen) atoms. The van der Waals surface area contributed by atoms with Gasteiger partial charge in [0.05, 0.1) is 0 Å². The molecule has 0 bridgehead atoms. The summed E-state index contributed by atoms with van der Waals surface area (Å²) >= 11 is 0. The van der Waals surface area contributed by atoms with Gasteiger partial charge in [-0.15, -0.1) is 0 Å². The molecule has 6 atom stereocenters. The van der Waals surface area contributed by atoms with Crippen molar-refractivity contribution in [2.45, 2.75) is 52.1 Å². The fourth-order valence-corrected chi connectivity index (χ4v) is 6.26. The van der Waals surface area contributed by atoms with E-state index in [9.17, 15) is 14.4 Å². The van der Waals surface area contributed by atoms with E-state index in [1.807, 2.05) is 6.08 Å². The molecule has 128 valence electrons. The molecule has 0 spiro atoms. The number of carbonyl (C=O) groups is 3. The molecule has 0 aromatic carbocycles. The number of fused-ring (bicyclic) bond motifs is 5. The van der Waals surface area contributed by atoms with Crippen molar-refractivity contribution in [2.24, 2.45) is 28.6 Å². The molecular formula is C20H24O4. The van der Waals surface area contributed by atoms with Gasteiger partial charge in [0.1, 0.15) is 11.9 Å². The van der Waals surface area contributed by atoms with Crippen LogP contribution < -0.4 is 0 Å². The van der Waals surface area contributed by atoms with Gasteiger partial charge in [0, 0.05) is 23.2 Å². The molecule has 0 unspecified atom stereocenters. The third-order valence-corrected chi connectivity index (χ3v) is 7.41. The highest BCUT2D eigenvalue weighted by Gasteiger charge is 2.62. The maximum atomic E-state index is 12.5. The molecular weight excluding hydrogens is 304 g/mol. The number of hydrogen-bond acceptors (Lipinski definition) is 4. The molecule has 3 fully saturated rings. The zero-order chi connectivity index (χ0) is 17.1. The first-order chi connectivity index (χ1) is 11.4. The summed E-state index contributed by atoms with van der Waals surface area (Å²) in [5.74, 6) is 1.25. The Morgan fingerprint density at radius 3 is 2.75 bits per heavy atom. The van der Waals surface area contributed by atoms with Crippen LogP contribution in [-0.4, -0.2) is 24.1 Å². The van der Waals surface area contributed by atoms with Crippen LogP contribution in [0, 0.1) is 28.6 Å². The predicted molar refractivity (Wildman–Crippen MR) is 87.9 cm³/mol. The average Bonchev–Trinajstić information content (AvgIpc) is 2.83. The molecule has 0 aliphatic heterocycles. The maximum Gasteiger partial charge on any atom is 0.293 e. The van der Waals surface area contributed by atoms with Crippen molar-refractivity contribution in [2.75, 3.05) is 0 Å². The minimum atomic E-state index is -0.360. The summed E-state index contributed by atoms with van der Waals surface area (Å²) in [6.45, 7) is 4.77. The van der Waals surface area contributed by atoms with Crippen LogP contribution in [0.2, 0.25) is 0 Å². The van der Waals surface area contributed by atoms with Crippen LogP contribution >= 0.6 is 0 Å². The Hall–Kier alpha value is -1.71. The van der Waals surface area contributed by atoms with E-state index in [4.69, 9.17) is 4.74 Å². The fourth-order valence-electron chi connectivity index (χ4n) is 6.26. The summed E-state index contributed by atoms with van der Waals surface area (Å²) < 4.78 is 5.54. The first-order valence-electron chi connectivity index (χ1n) is 8.97. The second-order valence-corrected chi connectivity index (χ2v) is 8.38. The normalized spacial score (nSPS) is 46.7. The third kappa shape index (κ3) is 1.95. The molecule has 4 aliphatic rings. The first kappa shape index (κ1) is 15.8.